The summed E-state index contributed by atoms with van der Waals surface area (Å²) in [6.07, 6.45) is 1.69. The average Bonchev–Trinajstić information content (AvgIpc) is 3.13. The Morgan fingerprint density at radius 1 is 1.03 bits per heavy atom. The molecule has 0 fully saturated rings. The normalized spacial score (nSPS) is 12.2. The number of fused-ring (bicyclic) bond motifs is 2. The predicted molar refractivity (Wildman–Crippen MR) is 128 cm³/mol. The topological polar surface area (TPSA) is 149 Å². The van der Waals surface area contributed by atoms with Gasteiger partial charge in [-0.3, -0.25) is 19.6 Å². The highest BCUT2D eigenvalue weighted by molar-refractivity contribution is 6.23. The van der Waals surface area contributed by atoms with Crippen molar-refractivity contribution in [2.24, 2.45) is 10.7 Å². The number of aromatic hydroxyl groups is 2. The summed E-state index contributed by atoms with van der Waals surface area (Å²) in [6.45, 7) is 2.86. The van der Waals surface area contributed by atoms with E-state index in [1.165, 1.54) is 12.1 Å². The summed E-state index contributed by atoms with van der Waals surface area (Å²) in [7, 11) is 0. The second kappa shape index (κ2) is 10.2. The molecule has 9 nitrogen and oxygen atoms in total. The van der Waals surface area contributed by atoms with Crippen LogP contribution in [-0.4, -0.2) is 57.9 Å². The van der Waals surface area contributed by atoms with Crippen LogP contribution >= 0.6 is 12.4 Å². The number of aromatic nitrogens is 2. The smallest absolute Gasteiger partial charge is 0.189 e. The van der Waals surface area contributed by atoms with Gasteiger partial charge in [0.15, 0.2) is 5.43 Å². The summed E-state index contributed by atoms with van der Waals surface area (Å²) in [4.78, 5) is 17.4. The van der Waals surface area contributed by atoms with Gasteiger partial charge in [-0.1, -0.05) is 0 Å². The Morgan fingerprint density at radius 2 is 1.84 bits per heavy atom. The van der Waals surface area contributed by atoms with Gasteiger partial charge < -0.3 is 26.4 Å². The zero-order chi connectivity index (χ0) is 22.0. The number of aliphatic hydroxyl groups excluding tert-OH is 1. The van der Waals surface area contributed by atoms with Crippen molar-refractivity contribution in [3.63, 3.8) is 0 Å². The number of rotatable bonds is 9. The number of phenolic OH excluding ortho intramolecular Hbond substituents is 2. The van der Waals surface area contributed by atoms with Crippen LogP contribution in [0.25, 0.3) is 32.6 Å². The van der Waals surface area contributed by atoms with Gasteiger partial charge >= 0.3 is 0 Å². The molecule has 0 saturated carbocycles. The van der Waals surface area contributed by atoms with Crippen molar-refractivity contribution in [2.45, 2.75) is 19.4 Å². The monoisotopic (exact) mass is 461 g/mol. The Kier molecular flexibility index (Phi) is 7.57. The van der Waals surface area contributed by atoms with Crippen LogP contribution in [0.2, 0.25) is 0 Å². The van der Waals surface area contributed by atoms with Crippen LogP contribution in [0.4, 0.5) is 0 Å². The zero-order valence-electron chi connectivity index (χ0n) is 17.6. The summed E-state index contributed by atoms with van der Waals surface area (Å²) >= 11 is 0. The number of nitrogens with two attached hydrogens (primary N) is 1. The maximum absolute atomic E-state index is 12.7. The molecule has 4 rings (SSSR count). The molecule has 0 amide bonds. The van der Waals surface area contributed by atoms with E-state index in [2.05, 4.69) is 15.4 Å². The van der Waals surface area contributed by atoms with Crippen molar-refractivity contribution in [3.05, 3.63) is 39.8 Å². The first kappa shape index (κ1) is 23.8. The average molecular weight is 462 g/mol. The summed E-state index contributed by atoms with van der Waals surface area (Å²) in [5.41, 5.74) is 6.65. The van der Waals surface area contributed by atoms with E-state index in [4.69, 9.17) is 10.8 Å². The molecule has 0 radical (unpaired) electrons. The number of H-pyrrole nitrogens is 1. The van der Waals surface area contributed by atoms with E-state index in [0.29, 0.717) is 54.4 Å². The number of phenols is 2. The number of aliphatic hydroxyl groups is 1. The molecule has 32 heavy (non-hydrogen) atoms. The standard InChI is InChI=1S/C22H27N5O4.ClH/c23-7-1-2-8-25-13-3-4-14-18-17(13)22(31)20-16(30)6-5-15(29)19(20)21(18)26-27(14)11-9-24-10-12-28;/h3-6,24,26,28,30-31H,1-2,7-12,23H2;1H. The van der Waals surface area contributed by atoms with E-state index in [-0.39, 0.29) is 46.7 Å². The van der Waals surface area contributed by atoms with Crippen molar-refractivity contribution in [2.75, 3.05) is 32.8 Å². The molecule has 4 aromatic rings. The Bertz CT molecular complexity index is 1350. The fraction of sp³-hybridized carbons (Fsp3) is 0.364. The van der Waals surface area contributed by atoms with Gasteiger partial charge in [0.2, 0.25) is 0 Å². The second-order valence-electron chi connectivity index (χ2n) is 7.52. The number of benzene rings is 3. The first-order chi connectivity index (χ1) is 15.1. The molecular weight excluding hydrogens is 434 g/mol. The molecule has 3 aromatic carbocycles. The maximum Gasteiger partial charge on any atom is 0.189 e. The lowest BCUT2D eigenvalue weighted by Gasteiger charge is -2.09. The molecule has 0 spiro atoms. The molecular formula is C22H28ClN5O4. The van der Waals surface area contributed by atoms with Crippen molar-refractivity contribution in [3.8, 4) is 11.5 Å². The number of hydrogen-bond acceptors (Lipinski definition) is 7. The number of nitrogens with zero attached hydrogens (tertiary/aromatic N) is 2. The maximum atomic E-state index is 12.7. The predicted octanol–water partition coefficient (Wildman–Crippen LogP) is 1.13. The lowest BCUT2D eigenvalue weighted by Crippen LogP contribution is -2.23. The Labute approximate surface area is 189 Å². The number of nitrogens with one attached hydrogen (secondary N) is 2. The van der Waals surface area contributed by atoms with Gasteiger partial charge in [0.1, 0.15) is 11.5 Å². The van der Waals surface area contributed by atoms with E-state index in [0.717, 1.165) is 18.4 Å². The van der Waals surface area contributed by atoms with Crippen molar-refractivity contribution >= 4 is 45.0 Å². The summed E-state index contributed by atoms with van der Waals surface area (Å²) in [6, 6.07) is 6.36. The minimum absolute atomic E-state index is 0. The molecule has 0 unspecified atom stereocenters. The third-order valence-electron chi connectivity index (χ3n) is 5.51. The minimum atomic E-state index is -0.288. The largest absolute Gasteiger partial charge is 0.507 e. The molecule has 0 aliphatic heterocycles. The van der Waals surface area contributed by atoms with E-state index in [1.54, 1.807) is 0 Å². The first-order valence-electron chi connectivity index (χ1n) is 10.5. The van der Waals surface area contributed by atoms with Crippen molar-refractivity contribution in [1.29, 1.82) is 0 Å². The van der Waals surface area contributed by atoms with Crippen LogP contribution in [0.15, 0.2) is 34.1 Å². The molecule has 1 heterocycles. The molecule has 172 valence electrons. The lowest BCUT2D eigenvalue weighted by molar-refractivity contribution is 0.291. The number of aromatic amines is 1. The Morgan fingerprint density at radius 3 is 2.59 bits per heavy atom. The van der Waals surface area contributed by atoms with Gasteiger partial charge in [-0.2, -0.15) is 0 Å². The Balaban J connectivity index is 0.00000289. The number of halogens is 1. The third-order valence-corrected chi connectivity index (χ3v) is 5.51. The fourth-order valence-corrected chi connectivity index (χ4v) is 4.07. The lowest BCUT2D eigenvalue weighted by atomic mass is 9.99. The van der Waals surface area contributed by atoms with Gasteiger partial charge in [-0.25, -0.2) is 0 Å². The van der Waals surface area contributed by atoms with Crippen molar-refractivity contribution in [1.82, 2.24) is 15.1 Å². The SMILES string of the molecule is Cl.NCCCCN=c1ccc2c3c1c(O)c1c(O)ccc(=O)c1c3[nH]n2CCNCCO. The van der Waals surface area contributed by atoms with Gasteiger partial charge in [0.25, 0.3) is 0 Å². The fourth-order valence-electron chi connectivity index (χ4n) is 4.07. The van der Waals surface area contributed by atoms with Crippen LogP contribution in [0.1, 0.15) is 12.8 Å². The quantitative estimate of drug-likeness (QED) is 0.162. The van der Waals surface area contributed by atoms with Crippen LogP contribution in [0.5, 0.6) is 11.5 Å². The Hall–Kier alpha value is -2.85. The molecule has 0 aliphatic rings. The van der Waals surface area contributed by atoms with Crippen LogP contribution < -0.4 is 21.8 Å². The van der Waals surface area contributed by atoms with E-state index in [1.807, 2.05) is 16.8 Å². The molecule has 0 saturated heterocycles. The molecule has 7 N–H and O–H groups in total. The zero-order valence-corrected chi connectivity index (χ0v) is 18.4. The van der Waals surface area contributed by atoms with Gasteiger partial charge in [0.05, 0.1) is 45.7 Å². The van der Waals surface area contributed by atoms with Gasteiger partial charge in [-0.05, 0) is 43.7 Å². The van der Waals surface area contributed by atoms with Gasteiger partial charge in [0, 0.05) is 25.0 Å². The van der Waals surface area contributed by atoms with E-state index >= 15 is 0 Å². The molecule has 0 bridgehead atoms. The highest BCUT2D eigenvalue weighted by atomic mass is 35.5. The summed E-state index contributed by atoms with van der Waals surface area (Å²) in [5, 5.41) is 39.2. The van der Waals surface area contributed by atoms with Gasteiger partial charge in [-0.15, -0.1) is 12.4 Å². The van der Waals surface area contributed by atoms with E-state index in [9.17, 15) is 15.0 Å². The van der Waals surface area contributed by atoms with E-state index < -0.39 is 0 Å². The summed E-state index contributed by atoms with van der Waals surface area (Å²) in [5.74, 6) is -0.306. The number of unbranched alkanes of at least 4 members (excludes halogenated alkanes) is 1. The van der Waals surface area contributed by atoms with Crippen LogP contribution in [-0.2, 0) is 6.54 Å². The second-order valence-corrected chi connectivity index (χ2v) is 7.52. The minimum Gasteiger partial charge on any atom is -0.507 e. The van der Waals surface area contributed by atoms with Crippen LogP contribution in [0, 0.1) is 0 Å². The highest BCUT2D eigenvalue weighted by Gasteiger charge is 2.21. The van der Waals surface area contributed by atoms with Crippen LogP contribution in [0.3, 0.4) is 0 Å². The summed E-state index contributed by atoms with van der Waals surface area (Å²) < 4.78 is 1.89. The first-order valence-corrected chi connectivity index (χ1v) is 10.5. The number of hydrogen-bond donors (Lipinski definition) is 6. The highest BCUT2D eigenvalue weighted by Crippen LogP contribution is 2.41. The molecule has 1 aromatic heterocycles. The van der Waals surface area contributed by atoms with Crippen molar-refractivity contribution < 1.29 is 15.3 Å². The third kappa shape index (κ3) is 4.12. The molecule has 0 aliphatic carbocycles. The molecule has 10 heteroatoms. The molecule has 0 atom stereocenters.